The summed E-state index contributed by atoms with van der Waals surface area (Å²) in [5, 5.41) is 23.6. The third-order valence-electron chi connectivity index (χ3n) is 2.96. The predicted octanol–water partition coefficient (Wildman–Crippen LogP) is 1.77. The van der Waals surface area contributed by atoms with Crippen LogP contribution in [0.15, 0.2) is 18.2 Å². The van der Waals surface area contributed by atoms with Gasteiger partial charge in [-0.25, -0.2) is 0 Å². The van der Waals surface area contributed by atoms with Gasteiger partial charge in [-0.05, 0) is 25.5 Å². The van der Waals surface area contributed by atoms with Crippen LogP contribution in [0.25, 0.3) is 0 Å². The molecule has 1 heterocycles. The van der Waals surface area contributed by atoms with Gasteiger partial charge in [-0.2, -0.15) is 0 Å². The van der Waals surface area contributed by atoms with Crippen molar-refractivity contribution in [3.05, 3.63) is 33.9 Å². The maximum Gasteiger partial charge on any atom is 0.269 e. The molecule has 0 spiro atoms. The number of nitrogens with one attached hydrogen (secondary N) is 1. The van der Waals surface area contributed by atoms with E-state index in [1.165, 1.54) is 18.2 Å². The number of aromatic hydroxyl groups is 1. The van der Waals surface area contributed by atoms with E-state index in [9.17, 15) is 15.2 Å². The van der Waals surface area contributed by atoms with Crippen molar-refractivity contribution in [1.82, 2.24) is 5.32 Å². The number of non-ortho nitro benzene ring substituents is 1. The summed E-state index contributed by atoms with van der Waals surface area (Å²) in [6.07, 6.45) is 1.99. The smallest absolute Gasteiger partial charge is 0.269 e. The first-order valence-corrected chi connectivity index (χ1v) is 5.36. The number of phenolic OH excluding ortho intramolecular Hbond substituents is 1. The normalized spacial score (nSPS) is 20.6. The summed E-state index contributed by atoms with van der Waals surface area (Å²) in [4.78, 5) is 10.2. The highest BCUT2D eigenvalue weighted by atomic mass is 16.6. The third kappa shape index (κ3) is 2.14. The Balaban J connectivity index is 2.30. The Morgan fingerprint density at radius 1 is 1.50 bits per heavy atom. The predicted molar refractivity (Wildman–Crippen MR) is 59.6 cm³/mol. The van der Waals surface area contributed by atoms with E-state index in [-0.39, 0.29) is 17.4 Å². The molecule has 1 aliphatic heterocycles. The van der Waals surface area contributed by atoms with E-state index in [4.69, 9.17) is 0 Å². The van der Waals surface area contributed by atoms with Crippen LogP contribution < -0.4 is 5.32 Å². The minimum absolute atomic E-state index is 0.0402. The van der Waals surface area contributed by atoms with Crippen molar-refractivity contribution in [3.63, 3.8) is 0 Å². The molecule has 1 atom stereocenters. The monoisotopic (exact) mass is 222 g/mol. The van der Waals surface area contributed by atoms with E-state index >= 15 is 0 Å². The number of nitro groups is 1. The van der Waals surface area contributed by atoms with Crippen molar-refractivity contribution >= 4 is 5.69 Å². The van der Waals surface area contributed by atoms with E-state index in [0.29, 0.717) is 5.56 Å². The van der Waals surface area contributed by atoms with E-state index in [1.54, 1.807) is 0 Å². The summed E-state index contributed by atoms with van der Waals surface area (Å²) >= 11 is 0. The van der Waals surface area contributed by atoms with E-state index in [2.05, 4.69) is 5.32 Å². The summed E-state index contributed by atoms with van der Waals surface area (Å²) in [5.74, 6) is 0.327. The summed E-state index contributed by atoms with van der Waals surface area (Å²) in [6, 6.07) is 4.21. The number of benzene rings is 1. The van der Waals surface area contributed by atoms with Crippen molar-refractivity contribution < 1.29 is 10.0 Å². The quantitative estimate of drug-likeness (QED) is 0.590. The third-order valence-corrected chi connectivity index (χ3v) is 2.96. The molecule has 5 nitrogen and oxygen atoms in total. The van der Waals surface area contributed by atoms with Crippen LogP contribution in [0.4, 0.5) is 5.69 Å². The van der Waals surface area contributed by atoms with Gasteiger partial charge in [0, 0.05) is 30.2 Å². The molecule has 16 heavy (non-hydrogen) atoms. The Morgan fingerprint density at radius 2 is 2.31 bits per heavy atom. The fraction of sp³-hybridized carbons (Fsp3) is 0.455. The number of piperidine rings is 1. The zero-order valence-corrected chi connectivity index (χ0v) is 8.85. The first-order valence-electron chi connectivity index (χ1n) is 5.36. The topological polar surface area (TPSA) is 75.4 Å². The summed E-state index contributed by atoms with van der Waals surface area (Å²) in [7, 11) is 0. The molecule has 0 radical (unpaired) electrons. The Kier molecular flexibility index (Phi) is 3.05. The van der Waals surface area contributed by atoms with Crippen LogP contribution >= 0.6 is 0 Å². The minimum Gasteiger partial charge on any atom is -0.508 e. The molecule has 2 rings (SSSR count). The molecule has 1 saturated heterocycles. The van der Waals surface area contributed by atoms with Crippen molar-refractivity contribution in [3.8, 4) is 5.75 Å². The molecular weight excluding hydrogens is 208 g/mol. The van der Waals surface area contributed by atoms with Crippen LogP contribution in [0.2, 0.25) is 0 Å². The molecule has 0 amide bonds. The fourth-order valence-corrected chi connectivity index (χ4v) is 2.10. The van der Waals surface area contributed by atoms with Crippen molar-refractivity contribution in [2.45, 2.75) is 18.8 Å². The maximum atomic E-state index is 10.7. The van der Waals surface area contributed by atoms with Crippen molar-refractivity contribution in [1.29, 1.82) is 0 Å². The SMILES string of the molecule is O=[N+]([O-])c1ccc(O)c(C2CCCNC2)c1. The van der Waals surface area contributed by atoms with Gasteiger partial charge in [0.25, 0.3) is 5.69 Å². The lowest BCUT2D eigenvalue weighted by atomic mass is 9.91. The molecule has 0 aromatic heterocycles. The second-order valence-corrected chi connectivity index (χ2v) is 4.04. The lowest BCUT2D eigenvalue weighted by Gasteiger charge is -2.23. The number of phenols is 1. The number of rotatable bonds is 2. The first kappa shape index (κ1) is 10.9. The summed E-state index contributed by atoms with van der Waals surface area (Å²) in [5.41, 5.74) is 0.722. The van der Waals surface area contributed by atoms with E-state index in [0.717, 1.165) is 25.9 Å². The Labute approximate surface area is 93.2 Å². The molecular formula is C11H14N2O3. The molecule has 1 fully saturated rings. The Bertz CT molecular complexity index is 400. The number of nitro benzene ring substituents is 1. The van der Waals surface area contributed by atoms with Crippen LogP contribution in [0, 0.1) is 10.1 Å². The highest BCUT2D eigenvalue weighted by Crippen LogP contribution is 2.32. The molecule has 0 saturated carbocycles. The van der Waals surface area contributed by atoms with Gasteiger partial charge in [0.2, 0.25) is 0 Å². The molecule has 1 aliphatic rings. The van der Waals surface area contributed by atoms with Gasteiger partial charge < -0.3 is 10.4 Å². The van der Waals surface area contributed by atoms with Crippen LogP contribution in [-0.4, -0.2) is 23.1 Å². The zero-order valence-electron chi connectivity index (χ0n) is 8.85. The van der Waals surface area contributed by atoms with Gasteiger partial charge in [0.1, 0.15) is 5.75 Å². The second kappa shape index (κ2) is 4.49. The minimum atomic E-state index is -0.431. The lowest BCUT2D eigenvalue weighted by Crippen LogP contribution is -2.28. The standard InChI is InChI=1S/C11H14N2O3/c14-11-4-3-9(13(15)16)6-10(11)8-2-1-5-12-7-8/h3-4,6,8,12,14H,1-2,5,7H2. The van der Waals surface area contributed by atoms with Crippen LogP contribution in [-0.2, 0) is 0 Å². The molecule has 0 bridgehead atoms. The van der Waals surface area contributed by atoms with Gasteiger partial charge in [0.05, 0.1) is 4.92 Å². The van der Waals surface area contributed by atoms with Crippen molar-refractivity contribution in [2.75, 3.05) is 13.1 Å². The molecule has 1 aromatic rings. The fourth-order valence-electron chi connectivity index (χ4n) is 2.10. The maximum absolute atomic E-state index is 10.7. The molecule has 0 aliphatic carbocycles. The number of hydrogen-bond acceptors (Lipinski definition) is 4. The average Bonchev–Trinajstić information content (AvgIpc) is 2.30. The largest absolute Gasteiger partial charge is 0.508 e. The highest BCUT2D eigenvalue weighted by Gasteiger charge is 2.20. The van der Waals surface area contributed by atoms with Crippen LogP contribution in [0.5, 0.6) is 5.75 Å². The van der Waals surface area contributed by atoms with Gasteiger partial charge in [0.15, 0.2) is 0 Å². The summed E-state index contributed by atoms with van der Waals surface area (Å²) in [6.45, 7) is 1.75. The van der Waals surface area contributed by atoms with Gasteiger partial charge in [-0.1, -0.05) is 0 Å². The van der Waals surface area contributed by atoms with Gasteiger partial charge >= 0.3 is 0 Å². The zero-order chi connectivity index (χ0) is 11.5. The van der Waals surface area contributed by atoms with Crippen LogP contribution in [0.3, 0.4) is 0 Å². The molecule has 5 heteroatoms. The van der Waals surface area contributed by atoms with E-state index < -0.39 is 4.92 Å². The molecule has 1 aromatic carbocycles. The Morgan fingerprint density at radius 3 is 2.94 bits per heavy atom. The highest BCUT2D eigenvalue weighted by molar-refractivity contribution is 5.45. The molecule has 2 N–H and O–H groups in total. The summed E-state index contributed by atoms with van der Waals surface area (Å²) < 4.78 is 0. The first-order chi connectivity index (χ1) is 7.68. The second-order valence-electron chi connectivity index (χ2n) is 4.04. The molecule has 1 unspecified atom stereocenters. The van der Waals surface area contributed by atoms with Crippen LogP contribution in [0.1, 0.15) is 24.3 Å². The Hall–Kier alpha value is -1.62. The average molecular weight is 222 g/mol. The lowest BCUT2D eigenvalue weighted by molar-refractivity contribution is -0.385. The van der Waals surface area contributed by atoms with E-state index in [1.807, 2.05) is 0 Å². The van der Waals surface area contributed by atoms with Gasteiger partial charge in [-0.3, -0.25) is 10.1 Å². The number of nitrogens with zero attached hydrogens (tertiary/aromatic N) is 1. The molecule has 86 valence electrons. The van der Waals surface area contributed by atoms with Crippen molar-refractivity contribution in [2.24, 2.45) is 0 Å². The van der Waals surface area contributed by atoms with Gasteiger partial charge in [-0.15, -0.1) is 0 Å². The number of hydrogen-bond donors (Lipinski definition) is 2.